The van der Waals surface area contributed by atoms with Crippen LogP contribution < -0.4 is 19.7 Å². The summed E-state index contributed by atoms with van der Waals surface area (Å²) in [5.74, 6) is -0.567. The molecule has 37 heavy (non-hydrogen) atoms. The van der Waals surface area contributed by atoms with Gasteiger partial charge < -0.3 is 9.47 Å². The molecular formula is C28H24BrClN2O5. The van der Waals surface area contributed by atoms with Crippen LogP contribution in [0.15, 0.2) is 64.6 Å². The molecule has 0 saturated carbocycles. The molecule has 0 atom stereocenters. The lowest BCUT2D eigenvalue weighted by Gasteiger charge is -2.27. The van der Waals surface area contributed by atoms with Gasteiger partial charge in [0, 0.05) is 9.50 Å². The number of nitrogens with one attached hydrogen (secondary N) is 1. The molecule has 0 radical (unpaired) electrons. The lowest BCUT2D eigenvalue weighted by molar-refractivity contribution is -0.122. The van der Waals surface area contributed by atoms with Crippen LogP contribution in [0.4, 0.5) is 10.5 Å². The number of hydrogen-bond donors (Lipinski definition) is 1. The van der Waals surface area contributed by atoms with E-state index in [0.717, 1.165) is 21.6 Å². The highest BCUT2D eigenvalue weighted by Gasteiger charge is 2.37. The molecule has 4 amide bonds. The Labute approximate surface area is 228 Å². The van der Waals surface area contributed by atoms with Crippen LogP contribution in [0.25, 0.3) is 6.08 Å². The average molecular weight is 584 g/mol. The van der Waals surface area contributed by atoms with Gasteiger partial charge in [0.2, 0.25) is 0 Å². The first-order valence-corrected chi connectivity index (χ1v) is 12.7. The lowest BCUT2D eigenvalue weighted by Crippen LogP contribution is -2.54. The van der Waals surface area contributed by atoms with E-state index < -0.39 is 17.8 Å². The van der Waals surface area contributed by atoms with Gasteiger partial charge in [0.05, 0.1) is 12.3 Å². The molecule has 3 aromatic carbocycles. The highest BCUT2D eigenvalue weighted by atomic mass is 79.9. The van der Waals surface area contributed by atoms with Crippen molar-refractivity contribution in [3.8, 4) is 11.5 Å². The van der Waals surface area contributed by atoms with Crippen LogP contribution in [0.1, 0.15) is 29.2 Å². The van der Waals surface area contributed by atoms with Crippen molar-refractivity contribution in [3.63, 3.8) is 0 Å². The van der Waals surface area contributed by atoms with E-state index in [2.05, 4.69) is 21.2 Å². The predicted octanol–water partition coefficient (Wildman–Crippen LogP) is 6.36. The number of ether oxygens (including phenoxy) is 2. The number of benzene rings is 3. The van der Waals surface area contributed by atoms with Crippen molar-refractivity contribution in [2.75, 3.05) is 11.5 Å². The first kappa shape index (κ1) is 26.4. The zero-order chi connectivity index (χ0) is 26.7. The number of aryl methyl sites for hydroxylation is 2. The first-order chi connectivity index (χ1) is 17.7. The molecule has 9 heteroatoms. The molecule has 1 saturated heterocycles. The van der Waals surface area contributed by atoms with E-state index in [-0.39, 0.29) is 12.2 Å². The molecule has 0 aromatic heterocycles. The van der Waals surface area contributed by atoms with Gasteiger partial charge in [-0.1, -0.05) is 45.7 Å². The van der Waals surface area contributed by atoms with Gasteiger partial charge in [-0.05, 0) is 85.5 Å². The van der Waals surface area contributed by atoms with Gasteiger partial charge in [-0.2, -0.15) is 0 Å². The lowest BCUT2D eigenvalue weighted by atomic mass is 10.0. The number of anilines is 1. The second-order valence-electron chi connectivity index (χ2n) is 8.40. The minimum Gasteiger partial charge on any atom is -0.490 e. The van der Waals surface area contributed by atoms with Crippen LogP contribution in [0, 0.1) is 13.8 Å². The largest absolute Gasteiger partial charge is 0.490 e. The maximum Gasteiger partial charge on any atom is 0.335 e. The second kappa shape index (κ2) is 11.2. The van der Waals surface area contributed by atoms with Crippen molar-refractivity contribution < 1.29 is 23.9 Å². The van der Waals surface area contributed by atoms with E-state index in [4.69, 9.17) is 21.1 Å². The third kappa shape index (κ3) is 5.87. The number of amides is 4. The van der Waals surface area contributed by atoms with Crippen molar-refractivity contribution in [2.24, 2.45) is 0 Å². The van der Waals surface area contributed by atoms with E-state index in [9.17, 15) is 14.4 Å². The Morgan fingerprint density at radius 3 is 2.32 bits per heavy atom. The number of barbiturate groups is 1. The number of urea groups is 1. The number of carbonyl (C=O) groups is 3. The summed E-state index contributed by atoms with van der Waals surface area (Å²) in [6.45, 7) is 6.33. The van der Waals surface area contributed by atoms with E-state index in [0.29, 0.717) is 38.9 Å². The highest BCUT2D eigenvalue weighted by Crippen LogP contribution is 2.36. The predicted molar refractivity (Wildman–Crippen MR) is 146 cm³/mol. The van der Waals surface area contributed by atoms with Gasteiger partial charge in [-0.15, -0.1) is 0 Å². The number of hydrogen-bond acceptors (Lipinski definition) is 5. The van der Waals surface area contributed by atoms with Gasteiger partial charge in [-0.3, -0.25) is 14.9 Å². The Bertz CT molecular complexity index is 1420. The molecule has 0 unspecified atom stereocenters. The van der Waals surface area contributed by atoms with Crippen molar-refractivity contribution in [1.29, 1.82) is 0 Å². The summed E-state index contributed by atoms with van der Waals surface area (Å²) in [6, 6.07) is 15.1. The molecule has 1 aliphatic heterocycles. The third-order valence-corrected chi connectivity index (χ3v) is 6.76. The summed E-state index contributed by atoms with van der Waals surface area (Å²) in [5.41, 5.74) is 3.56. The van der Waals surface area contributed by atoms with Crippen LogP contribution >= 0.6 is 27.5 Å². The number of nitrogens with zero attached hydrogens (tertiary/aromatic N) is 1. The molecule has 1 heterocycles. The fourth-order valence-corrected chi connectivity index (χ4v) is 4.26. The molecule has 3 aromatic rings. The number of carbonyl (C=O) groups excluding carboxylic acids is 3. The quantitative estimate of drug-likeness (QED) is 0.258. The molecule has 190 valence electrons. The van der Waals surface area contributed by atoms with E-state index in [1.807, 2.05) is 39.0 Å². The fraction of sp³-hybridized carbons (Fsp3) is 0.179. The molecule has 0 bridgehead atoms. The summed E-state index contributed by atoms with van der Waals surface area (Å²) in [7, 11) is 0. The topological polar surface area (TPSA) is 84.9 Å². The molecular weight excluding hydrogens is 560 g/mol. The fourth-order valence-electron chi connectivity index (χ4n) is 3.70. The van der Waals surface area contributed by atoms with Crippen LogP contribution in [0.2, 0.25) is 5.02 Å². The first-order valence-electron chi connectivity index (χ1n) is 11.5. The number of imide groups is 2. The van der Waals surface area contributed by atoms with Crippen LogP contribution in [-0.4, -0.2) is 24.5 Å². The van der Waals surface area contributed by atoms with Crippen LogP contribution in [-0.2, 0) is 16.2 Å². The molecule has 7 nitrogen and oxygen atoms in total. The van der Waals surface area contributed by atoms with Crippen molar-refractivity contribution >= 4 is 57.1 Å². The smallest absolute Gasteiger partial charge is 0.335 e. The maximum absolute atomic E-state index is 13.3. The van der Waals surface area contributed by atoms with Crippen LogP contribution in [0.3, 0.4) is 0 Å². The molecule has 4 rings (SSSR count). The second-order valence-corrected chi connectivity index (χ2v) is 9.69. The number of rotatable bonds is 7. The Hall–Kier alpha value is -3.62. The van der Waals surface area contributed by atoms with Gasteiger partial charge in [0.1, 0.15) is 12.2 Å². The Balaban J connectivity index is 1.66. The van der Waals surface area contributed by atoms with E-state index >= 15 is 0 Å². The van der Waals surface area contributed by atoms with E-state index in [1.54, 1.807) is 36.4 Å². The van der Waals surface area contributed by atoms with Crippen molar-refractivity contribution in [2.45, 2.75) is 27.4 Å². The van der Waals surface area contributed by atoms with E-state index in [1.165, 1.54) is 6.08 Å². The summed E-state index contributed by atoms with van der Waals surface area (Å²) >= 11 is 9.46. The zero-order valence-corrected chi connectivity index (χ0v) is 22.8. The van der Waals surface area contributed by atoms with Gasteiger partial charge in [0.15, 0.2) is 11.5 Å². The van der Waals surface area contributed by atoms with Crippen LogP contribution in [0.5, 0.6) is 11.5 Å². The van der Waals surface area contributed by atoms with Crippen molar-refractivity contribution in [1.82, 2.24) is 5.32 Å². The third-order valence-electron chi connectivity index (χ3n) is 5.82. The molecule has 1 fully saturated rings. The summed E-state index contributed by atoms with van der Waals surface area (Å²) in [6.07, 6.45) is 1.42. The standard InChI is InChI=1S/C28H24BrClN2O5/c1-4-36-24-13-19(23(29)14-25(24)37-15-18-6-8-20(30)9-7-18)12-22-26(33)31-28(35)32(27(22)34)21-10-5-16(2)17(3)11-21/h5-14H,4,15H2,1-3H3,(H,31,33,35)/b22-12+. The monoisotopic (exact) mass is 582 g/mol. The summed E-state index contributed by atoms with van der Waals surface area (Å²) in [4.78, 5) is 39.5. The van der Waals surface area contributed by atoms with Gasteiger partial charge in [0.25, 0.3) is 11.8 Å². The normalized spacial score (nSPS) is 14.7. The molecule has 0 aliphatic carbocycles. The zero-order valence-electron chi connectivity index (χ0n) is 20.4. The number of halogens is 2. The molecule has 1 aliphatic rings. The molecule has 0 spiro atoms. The summed E-state index contributed by atoms with van der Waals surface area (Å²) in [5, 5.41) is 2.89. The minimum atomic E-state index is -0.796. The van der Waals surface area contributed by atoms with Gasteiger partial charge >= 0.3 is 6.03 Å². The minimum absolute atomic E-state index is 0.184. The Morgan fingerprint density at radius 1 is 0.946 bits per heavy atom. The highest BCUT2D eigenvalue weighted by molar-refractivity contribution is 9.10. The Morgan fingerprint density at radius 2 is 1.65 bits per heavy atom. The molecule has 1 N–H and O–H groups in total. The summed E-state index contributed by atoms with van der Waals surface area (Å²) < 4.78 is 12.3. The maximum atomic E-state index is 13.3. The SMILES string of the molecule is CCOc1cc(/C=C2\C(=O)NC(=O)N(c3ccc(C)c(C)c3)C2=O)c(Br)cc1OCc1ccc(Cl)cc1. The Kier molecular flexibility index (Phi) is 8.00. The average Bonchev–Trinajstić information content (AvgIpc) is 2.85. The van der Waals surface area contributed by atoms with Crippen molar-refractivity contribution in [3.05, 3.63) is 91.9 Å². The van der Waals surface area contributed by atoms with Gasteiger partial charge in [-0.25, -0.2) is 9.69 Å².